The van der Waals surface area contributed by atoms with Crippen LogP contribution >= 0.6 is 0 Å². The van der Waals surface area contributed by atoms with Crippen molar-refractivity contribution in [2.24, 2.45) is 0 Å². The van der Waals surface area contributed by atoms with Gasteiger partial charge in [-0.05, 0) is 63.8 Å². The van der Waals surface area contributed by atoms with E-state index in [9.17, 15) is 5.11 Å². The predicted molar refractivity (Wildman–Crippen MR) is 90.0 cm³/mol. The quantitative estimate of drug-likeness (QED) is 0.844. The fraction of sp³-hybridized carbons (Fsp3) is 0.667. The number of aliphatic hydroxyl groups is 1. The maximum absolute atomic E-state index is 9.94. The molecule has 0 spiro atoms. The molecule has 0 aromatic heterocycles. The number of hydrogen-bond acceptors (Lipinski definition) is 3. The third-order valence-corrected chi connectivity index (χ3v) is 4.32. The summed E-state index contributed by atoms with van der Waals surface area (Å²) in [5.74, 6) is 0. The summed E-state index contributed by atoms with van der Waals surface area (Å²) in [5.41, 5.74) is 3.61. The van der Waals surface area contributed by atoms with Gasteiger partial charge in [0.25, 0.3) is 0 Å². The summed E-state index contributed by atoms with van der Waals surface area (Å²) in [5, 5.41) is 13.4. The highest BCUT2D eigenvalue weighted by Crippen LogP contribution is 2.30. The second-order valence-electron chi connectivity index (χ2n) is 6.82. The molecule has 1 aromatic carbocycles. The normalized spacial score (nSPS) is 16.7. The van der Waals surface area contributed by atoms with Crippen molar-refractivity contribution in [1.29, 1.82) is 0 Å². The van der Waals surface area contributed by atoms with Gasteiger partial charge < -0.3 is 15.3 Å². The molecule has 2 N–H and O–H groups in total. The van der Waals surface area contributed by atoms with E-state index in [-0.39, 0.29) is 0 Å². The van der Waals surface area contributed by atoms with E-state index in [1.807, 2.05) is 13.8 Å². The average molecular weight is 290 g/mol. The first kappa shape index (κ1) is 16.3. The number of nitrogens with one attached hydrogen (secondary N) is 1. The molecule has 2 rings (SSSR count). The molecule has 0 amide bonds. The number of benzene rings is 1. The van der Waals surface area contributed by atoms with Crippen molar-refractivity contribution < 1.29 is 5.11 Å². The Hall–Kier alpha value is -1.06. The number of rotatable bonds is 6. The highest BCUT2D eigenvalue weighted by molar-refractivity contribution is 5.57. The zero-order valence-electron chi connectivity index (χ0n) is 13.9. The predicted octanol–water partition coefficient (Wildman–Crippen LogP) is 3.27. The molecular weight excluding hydrogens is 260 g/mol. The lowest BCUT2D eigenvalue weighted by molar-refractivity contribution is 0.0730. The molecule has 21 heavy (non-hydrogen) atoms. The summed E-state index contributed by atoms with van der Waals surface area (Å²) < 4.78 is 0. The molecule has 1 heterocycles. The molecule has 118 valence electrons. The van der Waals surface area contributed by atoms with Crippen LogP contribution in [0.4, 0.5) is 5.69 Å². The van der Waals surface area contributed by atoms with Crippen LogP contribution < -0.4 is 10.2 Å². The first-order chi connectivity index (χ1) is 9.90. The van der Waals surface area contributed by atoms with Crippen LogP contribution in [0.25, 0.3) is 0 Å². The van der Waals surface area contributed by atoms with Gasteiger partial charge in [-0.3, -0.25) is 0 Å². The zero-order chi connectivity index (χ0) is 15.5. The minimum atomic E-state index is -0.586. The molecule has 1 aromatic rings. The second-order valence-corrected chi connectivity index (χ2v) is 6.82. The van der Waals surface area contributed by atoms with Gasteiger partial charge in [0, 0.05) is 24.8 Å². The molecule has 1 unspecified atom stereocenters. The fourth-order valence-electron chi connectivity index (χ4n) is 3.03. The lowest BCUT2D eigenvalue weighted by atomic mass is 9.96. The van der Waals surface area contributed by atoms with Crippen molar-refractivity contribution in [2.75, 3.05) is 24.5 Å². The fourth-order valence-corrected chi connectivity index (χ4v) is 3.03. The van der Waals surface area contributed by atoms with Crippen molar-refractivity contribution in [1.82, 2.24) is 5.32 Å². The van der Waals surface area contributed by atoms with Gasteiger partial charge in [0.05, 0.1) is 5.60 Å². The second kappa shape index (κ2) is 6.80. The molecule has 0 bridgehead atoms. The first-order valence-electron chi connectivity index (χ1n) is 8.24. The van der Waals surface area contributed by atoms with Crippen molar-refractivity contribution in [2.45, 2.75) is 58.6 Å². The van der Waals surface area contributed by atoms with E-state index in [0.717, 1.165) is 26.1 Å². The molecule has 3 nitrogen and oxygen atoms in total. The van der Waals surface area contributed by atoms with E-state index in [4.69, 9.17) is 0 Å². The van der Waals surface area contributed by atoms with Crippen molar-refractivity contribution >= 4 is 5.69 Å². The molecule has 0 aliphatic carbocycles. The Bertz CT molecular complexity index is 465. The summed E-state index contributed by atoms with van der Waals surface area (Å²) in [4.78, 5) is 2.43. The van der Waals surface area contributed by atoms with Gasteiger partial charge in [0.1, 0.15) is 0 Å². The van der Waals surface area contributed by atoms with E-state index in [1.165, 1.54) is 29.7 Å². The van der Waals surface area contributed by atoms with Gasteiger partial charge in [0.15, 0.2) is 0 Å². The SMILES string of the molecule is CCNC(C)c1ccc2c(c1)CCCN2CCC(C)(C)O. The lowest BCUT2D eigenvalue weighted by Gasteiger charge is -2.33. The van der Waals surface area contributed by atoms with Gasteiger partial charge in [-0.1, -0.05) is 19.1 Å². The minimum Gasteiger partial charge on any atom is -0.390 e. The van der Waals surface area contributed by atoms with Crippen LogP contribution in [0, 0.1) is 0 Å². The third kappa shape index (κ3) is 4.45. The maximum atomic E-state index is 9.94. The highest BCUT2D eigenvalue weighted by atomic mass is 16.3. The van der Waals surface area contributed by atoms with Gasteiger partial charge in [-0.15, -0.1) is 0 Å². The van der Waals surface area contributed by atoms with Crippen LogP contribution in [-0.4, -0.2) is 30.3 Å². The Morgan fingerprint density at radius 2 is 2.14 bits per heavy atom. The molecular formula is C18H30N2O. The number of anilines is 1. The van der Waals surface area contributed by atoms with E-state index >= 15 is 0 Å². The van der Waals surface area contributed by atoms with Crippen molar-refractivity contribution in [3.05, 3.63) is 29.3 Å². The van der Waals surface area contributed by atoms with Gasteiger partial charge in [0.2, 0.25) is 0 Å². The van der Waals surface area contributed by atoms with Crippen molar-refractivity contribution in [3.63, 3.8) is 0 Å². The zero-order valence-corrected chi connectivity index (χ0v) is 13.9. The molecule has 0 saturated carbocycles. The topological polar surface area (TPSA) is 35.5 Å². The minimum absolute atomic E-state index is 0.409. The van der Waals surface area contributed by atoms with Crippen LogP contribution in [0.3, 0.4) is 0 Å². The van der Waals surface area contributed by atoms with Crippen LogP contribution in [0.2, 0.25) is 0 Å². The maximum Gasteiger partial charge on any atom is 0.0608 e. The van der Waals surface area contributed by atoms with Crippen LogP contribution in [0.1, 0.15) is 57.7 Å². The summed E-state index contributed by atoms with van der Waals surface area (Å²) in [6, 6.07) is 7.28. The van der Waals surface area contributed by atoms with Crippen LogP contribution in [0.5, 0.6) is 0 Å². The Labute approximate surface area is 129 Å². The van der Waals surface area contributed by atoms with E-state index in [0.29, 0.717) is 6.04 Å². The Morgan fingerprint density at radius 1 is 1.38 bits per heavy atom. The molecule has 0 radical (unpaired) electrons. The van der Waals surface area contributed by atoms with E-state index in [1.54, 1.807) is 0 Å². The molecule has 3 heteroatoms. The first-order valence-corrected chi connectivity index (χ1v) is 8.24. The number of aryl methyl sites for hydroxylation is 1. The summed E-state index contributed by atoms with van der Waals surface area (Å²) >= 11 is 0. The van der Waals surface area contributed by atoms with E-state index in [2.05, 4.69) is 42.3 Å². The summed E-state index contributed by atoms with van der Waals surface area (Å²) in [6.45, 7) is 11.2. The Morgan fingerprint density at radius 3 is 2.81 bits per heavy atom. The van der Waals surface area contributed by atoms with Crippen molar-refractivity contribution in [3.8, 4) is 0 Å². The molecule has 0 saturated heterocycles. The van der Waals surface area contributed by atoms with Crippen LogP contribution in [-0.2, 0) is 6.42 Å². The number of hydrogen-bond donors (Lipinski definition) is 2. The lowest BCUT2D eigenvalue weighted by Crippen LogP contribution is -2.34. The number of nitrogens with zero attached hydrogens (tertiary/aromatic N) is 1. The van der Waals surface area contributed by atoms with Gasteiger partial charge in [-0.2, -0.15) is 0 Å². The largest absolute Gasteiger partial charge is 0.390 e. The van der Waals surface area contributed by atoms with Gasteiger partial charge in [-0.25, -0.2) is 0 Å². The smallest absolute Gasteiger partial charge is 0.0608 e. The standard InChI is InChI=1S/C18H30N2O/c1-5-19-14(2)15-8-9-17-16(13-15)7-6-11-20(17)12-10-18(3,4)21/h8-9,13-14,19,21H,5-7,10-12H2,1-4H3. The number of fused-ring (bicyclic) bond motifs is 1. The highest BCUT2D eigenvalue weighted by Gasteiger charge is 2.20. The molecule has 1 aliphatic heterocycles. The average Bonchev–Trinajstić information content (AvgIpc) is 2.43. The Kier molecular flexibility index (Phi) is 5.28. The third-order valence-electron chi connectivity index (χ3n) is 4.32. The molecule has 0 fully saturated rings. The van der Waals surface area contributed by atoms with Crippen LogP contribution in [0.15, 0.2) is 18.2 Å². The Balaban J connectivity index is 2.13. The molecule has 1 aliphatic rings. The van der Waals surface area contributed by atoms with Gasteiger partial charge >= 0.3 is 0 Å². The summed E-state index contributed by atoms with van der Waals surface area (Å²) in [7, 11) is 0. The molecule has 1 atom stereocenters. The summed E-state index contributed by atoms with van der Waals surface area (Å²) in [6.07, 6.45) is 3.18. The van der Waals surface area contributed by atoms with E-state index < -0.39 is 5.60 Å². The monoisotopic (exact) mass is 290 g/mol.